The molecule has 0 radical (unpaired) electrons. The SMILES string of the molecule is CC(CCO)(C(=O)O)C(F)F. The molecule has 0 fully saturated rings. The van der Waals surface area contributed by atoms with Crippen LogP contribution in [0.4, 0.5) is 8.78 Å². The Hall–Kier alpha value is -0.710. The van der Waals surface area contributed by atoms with E-state index in [9.17, 15) is 13.6 Å². The van der Waals surface area contributed by atoms with Crippen molar-refractivity contribution in [3.8, 4) is 0 Å². The second-order valence-electron chi connectivity index (χ2n) is 2.50. The number of carboxylic acids is 1. The number of aliphatic hydroxyl groups excluding tert-OH is 1. The molecule has 1 unspecified atom stereocenters. The van der Waals surface area contributed by atoms with Gasteiger partial charge in [0.1, 0.15) is 5.41 Å². The summed E-state index contributed by atoms with van der Waals surface area (Å²) in [6.07, 6.45) is -3.38. The van der Waals surface area contributed by atoms with E-state index in [0.29, 0.717) is 0 Å². The highest BCUT2D eigenvalue weighted by Crippen LogP contribution is 2.29. The maximum Gasteiger partial charge on any atom is 0.315 e. The minimum absolute atomic E-state index is 0.431. The minimum Gasteiger partial charge on any atom is -0.481 e. The lowest BCUT2D eigenvalue weighted by Crippen LogP contribution is -2.35. The van der Waals surface area contributed by atoms with Gasteiger partial charge in [0.15, 0.2) is 0 Å². The molecule has 3 nitrogen and oxygen atoms in total. The summed E-state index contributed by atoms with van der Waals surface area (Å²) in [5.41, 5.74) is -2.12. The predicted molar refractivity (Wildman–Crippen MR) is 33.4 cm³/mol. The van der Waals surface area contributed by atoms with Crippen LogP contribution in [0, 0.1) is 5.41 Å². The quantitative estimate of drug-likeness (QED) is 0.650. The van der Waals surface area contributed by atoms with Crippen LogP contribution in [0.2, 0.25) is 0 Å². The second kappa shape index (κ2) is 3.61. The molecule has 66 valence electrons. The Bertz CT molecular complexity index is 149. The predicted octanol–water partition coefficient (Wildman–Crippen LogP) is 0.725. The third-order valence-corrected chi connectivity index (χ3v) is 1.60. The summed E-state index contributed by atoms with van der Waals surface area (Å²) in [6, 6.07) is 0. The molecule has 0 aromatic rings. The molecular weight excluding hydrogens is 158 g/mol. The second-order valence-corrected chi connectivity index (χ2v) is 2.50. The van der Waals surface area contributed by atoms with Crippen LogP contribution >= 0.6 is 0 Å². The summed E-state index contributed by atoms with van der Waals surface area (Å²) in [7, 11) is 0. The smallest absolute Gasteiger partial charge is 0.315 e. The fourth-order valence-corrected chi connectivity index (χ4v) is 0.542. The Morgan fingerprint density at radius 1 is 1.64 bits per heavy atom. The first kappa shape index (κ1) is 10.3. The van der Waals surface area contributed by atoms with Gasteiger partial charge in [-0.05, 0) is 13.3 Å². The summed E-state index contributed by atoms with van der Waals surface area (Å²) >= 11 is 0. The number of alkyl halides is 2. The van der Waals surface area contributed by atoms with Gasteiger partial charge in [-0.1, -0.05) is 0 Å². The summed E-state index contributed by atoms with van der Waals surface area (Å²) in [4.78, 5) is 10.3. The summed E-state index contributed by atoms with van der Waals surface area (Å²) in [6.45, 7) is 0.364. The minimum atomic E-state index is -2.95. The topological polar surface area (TPSA) is 57.5 Å². The van der Waals surface area contributed by atoms with E-state index in [1.807, 2.05) is 0 Å². The summed E-state index contributed by atoms with van der Waals surface area (Å²) in [5, 5.41) is 16.6. The Morgan fingerprint density at radius 2 is 2.09 bits per heavy atom. The van der Waals surface area contributed by atoms with E-state index in [1.54, 1.807) is 0 Å². The van der Waals surface area contributed by atoms with E-state index in [0.717, 1.165) is 6.92 Å². The zero-order valence-corrected chi connectivity index (χ0v) is 6.05. The molecule has 0 rings (SSSR count). The number of aliphatic carboxylic acids is 1. The van der Waals surface area contributed by atoms with Crippen LogP contribution in [-0.4, -0.2) is 29.2 Å². The Labute approximate surface area is 62.6 Å². The van der Waals surface area contributed by atoms with Crippen molar-refractivity contribution in [3.63, 3.8) is 0 Å². The normalized spacial score (nSPS) is 16.5. The molecule has 0 heterocycles. The van der Waals surface area contributed by atoms with Gasteiger partial charge in [-0.15, -0.1) is 0 Å². The first-order valence-electron chi connectivity index (χ1n) is 3.07. The van der Waals surface area contributed by atoms with Gasteiger partial charge in [-0.25, -0.2) is 8.78 Å². The van der Waals surface area contributed by atoms with E-state index < -0.39 is 30.8 Å². The molecule has 0 saturated heterocycles. The van der Waals surface area contributed by atoms with E-state index in [-0.39, 0.29) is 0 Å². The standard InChI is InChI=1S/C6H10F2O3/c1-6(2-3-9,4(7)8)5(10)11/h4,9H,2-3H2,1H3,(H,10,11). The maximum absolute atomic E-state index is 12.0. The lowest BCUT2D eigenvalue weighted by atomic mass is 9.88. The van der Waals surface area contributed by atoms with E-state index in [1.165, 1.54) is 0 Å². The van der Waals surface area contributed by atoms with Crippen molar-refractivity contribution in [1.29, 1.82) is 0 Å². The molecule has 0 aliphatic carbocycles. The van der Waals surface area contributed by atoms with Crippen LogP contribution in [0.3, 0.4) is 0 Å². The third kappa shape index (κ3) is 2.11. The fourth-order valence-electron chi connectivity index (χ4n) is 0.542. The van der Waals surface area contributed by atoms with Gasteiger partial charge in [0.05, 0.1) is 0 Å². The molecule has 0 saturated carbocycles. The number of aliphatic hydroxyl groups is 1. The number of hydrogen-bond donors (Lipinski definition) is 2. The molecule has 11 heavy (non-hydrogen) atoms. The van der Waals surface area contributed by atoms with Crippen molar-refractivity contribution < 1.29 is 23.8 Å². The lowest BCUT2D eigenvalue weighted by molar-refractivity contribution is -0.159. The Balaban J connectivity index is 4.38. The van der Waals surface area contributed by atoms with Gasteiger partial charge in [0.2, 0.25) is 0 Å². The highest BCUT2D eigenvalue weighted by Gasteiger charge is 2.42. The van der Waals surface area contributed by atoms with Gasteiger partial charge in [-0.2, -0.15) is 0 Å². The van der Waals surface area contributed by atoms with Gasteiger partial charge in [-0.3, -0.25) is 4.79 Å². The highest BCUT2D eigenvalue weighted by atomic mass is 19.3. The monoisotopic (exact) mass is 168 g/mol. The molecule has 0 aliphatic rings. The molecule has 5 heteroatoms. The Morgan fingerprint density at radius 3 is 2.18 bits per heavy atom. The summed E-state index contributed by atoms with van der Waals surface area (Å²) in [5.74, 6) is -1.58. The number of carboxylic acid groups (broad SMARTS) is 1. The van der Waals surface area contributed by atoms with Crippen LogP contribution in [-0.2, 0) is 4.79 Å². The van der Waals surface area contributed by atoms with Crippen molar-refractivity contribution in [3.05, 3.63) is 0 Å². The van der Waals surface area contributed by atoms with Crippen molar-refractivity contribution in [2.75, 3.05) is 6.61 Å². The molecule has 0 aromatic heterocycles. The average Bonchev–Trinajstić information content (AvgIpc) is 1.87. The zero-order valence-electron chi connectivity index (χ0n) is 6.05. The Kier molecular flexibility index (Phi) is 3.38. The van der Waals surface area contributed by atoms with E-state index >= 15 is 0 Å². The van der Waals surface area contributed by atoms with E-state index in [2.05, 4.69) is 0 Å². The average molecular weight is 168 g/mol. The van der Waals surface area contributed by atoms with Gasteiger partial charge in [0, 0.05) is 6.61 Å². The van der Waals surface area contributed by atoms with Gasteiger partial charge in [0.25, 0.3) is 6.43 Å². The largest absolute Gasteiger partial charge is 0.481 e. The number of carbonyl (C=O) groups is 1. The molecule has 1 atom stereocenters. The van der Waals surface area contributed by atoms with Crippen LogP contribution < -0.4 is 0 Å². The highest BCUT2D eigenvalue weighted by molar-refractivity contribution is 5.74. The molecule has 0 bridgehead atoms. The van der Waals surface area contributed by atoms with Crippen LogP contribution in [0.15, 0.2) is 0 Å². The first-order valence-corrected chi connectivity index (χ1v) is 3.07. The van der Waals surface area contributed by atoms with Crippen molar-refractivity contribution in [1.82, 2.24) is 0 Å². The number of hydrogen-bond acceptors (Lipinski definition) is 2. The van der Waals surface area contributed by atoms with Crippen molar-refractivity contribution >= 4 is 5.97 Å². The fraction of sp³-hybridized carbons (Fsp3) is 0.833. The first-order chi connectivity index (χ1) is 4.95. The van der Waals surface area contributed by atoms with Crippen molar-refractivity contribution in [2.24, 2.45) is 5.41 Å². The summed E-state index contributed by atoms with van der Waals surface area (Å²) < 4.78 is 24.1. The molecule has 0 aromatic carbocycles. The van der Waals surface area contributed by atoms with Crippen LogP contribution in [0.25, 0.3) is 0 Å². The molecule has 0 spiro atoms. The number of halogens is 2. The maximum atomic E-state index is 12.0. The van der Waals surface area contributed by atoms with Crippen LogP contribution in [0.5, 0.6) is 0 Å². The molecule has 0 amide bonds. The van der Waals surface area contributed by atoms with Crippen LogP contribution in [0.1, 0.15) is 13.3 Å². The van der Waals surface area contributed by atoms with E-state index in [4.69, 9.17) is 10.2 Å². The zero-order chi connectivity index (χ0) is 9.07. The van der Waals surface area contributed by atoms with Gasteiger partial charge < -0.3 is 10.2 Å². The van der Waals surface area contributed by atoms with Crippen molar-refractivity contribution in [2.45, 2.75) is 19.8 Å². The third-order valence-electron chi connectivity index (χ3n) is 1.60. The number of rotatable bonds is 4. The molecule has 0 aliphatic heterocycles. The van der Waals surface area contributed by atoms with Gasteiger partial charge >= 0.3 is 5.97 Å². The molecular formula is C6H10F2O3. The molecule has 2 N–H and O–H groups in total. The lowest BCUT2D eigenvalue weighted by Gasteiger charge is -2.21.